The van der Waals surface area contributed by atoms with Gasteiger partial charge < -0.3 is 4.74 Å². The lowest BCUT2D eigenvalue weighted by Crippen LogP contribution is -2.09. The number of benzene rings is 2. The number of fused-ring (bicyclic) bond motifs is 1. The molecule has 0 bridgehead atoms. The Morgan fingerprint density at radius 1 is 1.21 bits per heavy atom. The summed E-state index contributed by atoms with van der Waals surface area (Å²) < 4.78 is 20.2. The molecule has 4 rings (SSSR count). The molecule has 0 unspecified atom stereocenters. The van der Waals surface area contributed by atoms with E-state index in [2.05, 4.69) is 15.4 Å². The number of aromatic nitrogens is 3. The number of thiazole rings is 1. The number of carbonyl (C=O) groups is 1. The highest BCUT2D eigenvalue weighted by atomic mass is 32.1. The summed E-state index contributed by atoms with van der Waals surface area (Å²) >= 11 is 1.39. The van der Waals surface area contributed by atoms with Crippen molar-refractivity contribution in [3.05, 3.63) is 71.4 Å². The topological polar surface area (TPSA) is 68.5 Å². The van der Waals surface area contributed by atoms with E-state index in [-0.39, 0.29) is 17.7 Å². The molecule has 1 N–H and O–H groups in total. The molecule has 0 radical (unpaired) electrons. The second-order valence-corrected chi connectivity index (χ2v) is 6.92. The van der Waals surface area contributed by atoms with Crippen LogP contribution in [0.2, 0.25) is 0 Å². The van der Waals surface area contributed by atoms with Gasteiger partial charge in [0.2, 0.25) is 4.96 Å². The number of carbonyl (C=O) groups excluding carboxylic acids is 1. The van der Waals surface area contributed by atoms with E-state index in [1.807, 2.05) is 36.6 Å². The lowest BCUT2D eigenvalue weighted by Gasteiger charge is -2.02. The second kappa shape index (κ2) is 8.24. The number of ether oxygens (including phenoxy) is 1. The maximum atomic E-state index is 13.1. The van der Waals surface area contributed by atoms with Crippen molar-refractivity contribution in [1.82, 2.24) is 14.6 Å². The van der Waals surface area contributed by atoms with Gasteiger partial charge in [-0.25, -0.2) is 8.91 Å². The summed E-state index contributed by atoms with van der Waals surface area (Å²) in [5.41, 5.74) is 2.47. The van der Waals surface area contributed by atoms with Crippen molar-refractivity contribution in [2.75, 3.05) is 11.9 Å². The smallest absolute Gasteiger partial charge is 0.250 e. The minimum atomic E-state index is -0.333. The van der Waals surface area contributed by atoms with Gasteiger partial charge >= 0.3 is 0 Å². The van der Waals surface area contributed by atoms with Crippen LogP contribution in [-0.2, 0) is 4.79 Å². The van der Waals surface area contributed by atoms with Crippen LogP contribution in [0.25, 0.3) is 22.3 Å². The van der Waals surface area contributed by atoms with E-state index < -0.39 is 0 Å². The van der Waals surface area contributed by atoms with E-state index in [9.17, 15) is 9.18 Å². The first kappa shape index (κ1) is 18.8. The largest absolute Gasteiger partial charge is 0.494 e. The molecule has 0 fully saturated rings. The Morgan fingerprint density at radius 3 is 2.69 bits per heavy atom. The zero-order valence-electron chi connectivity index (χ0n) is 15.5. The molecule has 0 saturated heterocycles. The first-order valence-electron chi connectivity index (χ1n) is 8.94. The lowest BCUT2D eigenvalue weighted by atomic mass is 10.2. The van der Waals surface area contributed by atoms with Crippen molar-refractivity contribution >= 4 is 34.2 Å². The Kier molecular flexibility index (Phi) is 5.35. The van der Waals surface area contributed by atoms with Crippen LogP contribution in [0.15, 0.2) is 60.0 Å². The quantitative estimate of drug-likeness (QED) is 0.472. The number of halogens is 1. The van der Waals surface area contributed by atoms with E-state index in [1.165, 1.54) is 29.5 Å². The molecule has 0 aliphatic rings. The van der Waals surface area contributed by atoms with Gasteiger partial charge in [0.25, 0.3) is 11.9 Å². The summed E-state index contributed by atoms with van der Waals surface area (Å²) in [6, 6.07) is 13.6. The van der Waals surface area contributed by atoms with Crippen molar-refractivity contribution in [3.63, 3.8) is 0 Å². The predicted octanol–water partition coefficient (Wildman–Crippen LogP) is 4.65. The summed E-state index contributed by atoms with van der Waals surface area (Å²) in [4.78, 5) is 17.1. The normalized spacial score (nSPS) is 11.2. The SMILES string of the molecule is CCOc1ccc(/C=C/C(=O)Nc2nc3scc(-c4ccc(F)cc4)n3n2)cc1. The number of hydrogen-bond acceptors (Lipinski definition) is 5. The number of nitrogens with zero attached hydrogens (tertiary/aromatic N) is 3. The van der Waals surface area contributed by atoms with Crippen LogP contribution < -0.4 is 10.1 Å². The summed E-state index contributed by atoms with van der Waals surface area (Å²) in [6.07, 6.45) is 3.12. The van der Waals surface area contributed by atoms with Crippen molar-refractivity contribution in [3.8, 4) is 17.0 Å². The molecule has 0 aliphatic carbocycles. The Hall–Kier alpha value is -3.52. The number of anilines is 1. The second-order valence-electron chi connectivity index (χ2n) is 6.08. The molecular weight excluding hydrogens is 391 g/mol. The number of nitrogens with one attached hydrogen (secondary N) is 1. The van der Waals surface area contributed by atoms with E-state index in [4.69, 9.17) is 4.74 Å². The van der Waals surface area contributed by atoms with E-state index in [0.717, 1.165) is 22.6 Å². The summed E-state index contributed by atoms with van der Waals surface area (Å²) in [5.74, 6) is 0.362. The molecule has 1 amide bonds. The van der Waals surface area contributed by atoms with Crippen molar-refractivity contribution in [1.29, 1.82) is 0 Å². The van der Waals surface area contributed by atoms with Crippen LogP contribution in [0.1, 0.15) is 12.5 Å². The third-order valence-electron chi connectivity index (χ3n) is 4.07. The highest BCUT2D eigenvalue weighted by Crippen LogP contribution is 2.26. The third-order valence-corrected chi connectivity index (χ3v) is 4.89. The molecular formula is C21H17FN4O2S. The Bertz CT molecular complexity index is 1160. The number of hydrogen-bond donors (Lipinski definition) is 1. The van der Waals surface area contributed by atoms with Crippen molar-refractivity contribution < 1.29 is 13.9 Å². The molecule has 8 heteroatoms. The standard InChI is InChI=1S/C21H17FN4O2S/c1-2-28-17-10-3-14(4-11-17)5-12-19(27)23-20-24-21-26(25-20)18(13-29-21)15-6-8-16(22)9-7-15/h3-13H,2H2,1H3,(H,23,25,27)/b12-5+. The predicted molar refractivity (Wildman–Crippen MR) is 112 cm³/mol. The number of amides is 1. The molecule has 0 saturated carbocycles. The van der Waals surface area contributed by atoms with Gasteiger partial charge in [0.1, 0.15) is 11.6 Å². The van der Waals surface area contributed by atoms with Gasteiger partial charge in [0, 0.05) is 17.0 Å². The summed E-state index contributed by atoms with van der Waals surface area (Å²) in [7, 11) is 0. The maximum absolute atomic E-state index is 13.1. The van der Waals surface area contributed by atoms with E-state index >= 15 is 0 Å². The van der Waals surface area contributed by atoms with Gasteiger partial charge in [-0.1, -0.05) is 12.1 Å². The minimum Gasteiger partial charge on any atom is -0.494 e. The fourth-order valence-electron chi connectivity index (χ4n) is 2.72. The van der Waals surface area contributed by atoms with Gasteiger partial charge in [-0.2, -0.15) is 4.98 Å². The molecule has 2 aromatic carbocycles. The average Bonchev–Trinajstić information content (AvgIpc) is 3.29. The fourth-order valence-corrected chi connectivity index (χ4v) is 3.55. The van der Waals surface area contributed by atoms with Gasteiger partial charge in [-0.05, 0) is 55.0 Å². The maximum Gasteiger partial charge on any atom is 0.250 e. The molecule has 4 aromatic rings. The number of rotatable bonds is 6. The van der Waals surface area contributed by atoms with E-state index in [0.29, 0.717) is 11.6 Å². The first-order valence-corrected chi connectivity index (χ1v) is 9.82. The molecule has 146 valence electrons. The first-order chi connectivity index (χ1) is 14.1. The monoisotopic (exact) mass is 408 g/mol. The van der Waals surface area contributed by atoms with Crippen LogP contribution in [0.3, 0.4) is 0 Å². The zero-order valence-corrected chi connectivity index (χ0v) is 16.3. The molecule has 0 aliphatic heterocycles. The highest BCUT2D eigenvalue weighted by molar-refractivity contribution is 7.15. The zero-order chi connectivity index (χ0) is 20.2. The average molecular weight is 408 g/mol. The van der Waals surface area contributed by atoms with Crippen LogP contribution >= 0.6 is 11.3 Å². The summed E-state index contributed by atoms with van der Waals surface area (Å²) in [6.45, 7) is 2.53. The van der Waals surface area contributed by atoms with Crippen LogP contribution in [0.4, 0.5) is 10.3 Å². The van der Waals surface area contributed by atoms with Gasteiger partial charge in [-0.3, -0.25) is 10.1 Å². The molecule has 29 heavy (non-hydrogen) atoms. The third kappa shape index (κ3) is 4.33. The molecule has 2 heterocycles. The fraction of sp³-hybridized carbons (Fsp3) is 0.0952. The molecule has 6 nitrogen and oxygen atoms in total. The van der Waals surface area contributed by atoms with Gasteiger partial charge in [-0.15, -0.1) is 16.4 Å². The van der Waals surface area contributed by atoms with E-state index in [1.54, 1.807) is 22.7 Å². The summed E-state index contributed by atoms with van der Waals surface area (Å²) in [5, 5.41) is 8.89. The highest BCUT2D eigenvalue weighted by Gasteiger charge is 2.12. The molecule has 0 spiro atoms. The molecule has 2 aromatic heterocycles. The molecule has 0 atom stereocenters. The van der Waals surface area contributed by atoms with Gasteiger partial charge in [0.15, 0.2) is 0 Å². The van der Waals surface area contributed by atoms with Crippen LogP contribution in [0.5, 0.6) is 5.75 Å². The van der Waals surface area contributed by atoms with Crippen LogP contribution in [-0.4, -0.2) is 27.1 Å². The van der Waals surface area contributed by atoms with Gasteiger partial charge in [0.05, 0.1) is 12.3 Å². The Labute approximate surface area is 170 Å². The van der Waals surface area contributed by atoms with Crippen molar-refractivity contribution in [2.24, 2.45) is 0 Å². The Balaban J connectivity index is 1.46. The van der Waals surface area contributed by atoms with Crippen LogP contribution in [0, 0.1) is 5.82 Å². The van der Waals surface area contributed by atoms with Crippen molar-refractivity contribution in [2.45, 2.75) is 6.92 Å². The Morgan fingerprint density at radius 2 is 1.97 bits per heavy atom. The lowest BCUT2D eigenvalue weighted by molar-refractivity contribution is -0.111. The minimum absolute atomic E-state index is 0.210.